The molecule has 0 spiro atoms. The van der Waals surface area contributed by atoms with E-state index in [1.54, 1.807) is 37.4 Å². The van der Waals surface area contributed by atoms with E-state index in [0.717, 1.165) is 16.7 Å². The van der Waals surface area contributed by atoms with Crippen molar-refractivity contribution in [2.75, 3.05) is 26.2 Å². The van der Waals surface area contributed by atoms with Crippen molar-refractivity contribution in [2.24, 2.45) is 14.1 Å². The maximum atomic E-state index is 13.2. The first-order chi connectivity index (χ1) is 17.1. The summed E-state index contributed by atoms with van der Waals surface area (Å²) < 4.78 is 30.5. The number of nitrogens with zero attached hydrogens (tertiary/aromatic N) is 4. The lowest BCUT2D eigenvalue weighted by molar-refractivity contribution is 0.181. The van der Waals surface area contributed by atoms with Gasteiger partial charge in [-0.1, -0.05) is 35.9 Å². The molecule has 36 heavy (non-hydrogen) atoms. The van der Waals surface area contributed by atoms with Gasteiger partial charge in [-0.2, -0.15) is 4.31 Å². The molecule has 1 aliphatic heterocycles. The molecule has 1 fully saturated rings. The highest BCUT2D eigenvalue weighted by atomic mass is 35.5. The van der Waals surface area contributed by atoms with Crippen LogP contribution in [0.4, 0.5) is 0 Å². The Morgan fingerprint density at radius 2 is 1.53 bits per heavy atom. The van der Waals surface area contributed by atoms with Crippen molar-refractivity contribution >= 4 is 32.7 Å². The number of aryl methyl sites for hydroxylation is 1. The number of fused-ring (bicyclic) bond motifs is 1. The number of H-pyrrole nitrogens is 1. The van der Waals surface area contributed by atoms with Crippen LogP contribution in [0.1, 0.15) is 5.56 Å². The van der Waals surface area contributed by atoms with E-state index in [1.165, 1.54) is 15.9 Å². The number of sulfonamides is 1. The predicted molar refractivity (Wildman–Crippen MR) is 140 cm³/mol. The molecule has 2 aromatic heterocycles. The molecule has 11 heteroatoms. The Labute approximate surface area is 213 Å². The highest BCUT2D eigenvalue weighted by Crippen LogP contribution is 2.25. The second-order valence-electron chi connectivity index (χ2n) is 8.98. The highest BCUT2D eigenvalue weighted by molar-refractivity contribution is 7.89. The number of hydrogen-bond acceptors (Lipinski definition) is 5. The third kappa shape index (κ3) is 4.41. The summed E-state index contributed by atoms with van der Waals surface area (Å²) in [6, 6.07) is 16.0. The number of hydrogen-bond donors (Lipinski definition) is 1. The van der Waals surface area contributed by atoms with Crippen LogP contribution >= 0.6 is 11.6 Å². The molecule has 188 valence electrons. The Balaban J connectivity index is 1.31. The monoisotopic (exact) mass is 527 g/mol. The average molecular weight is 528 g/mol. The second kappa shape index (κ2) is 9.36. The molecule has 2 aromatic carbocycles. The van der Waals surface area contributed by atoms with Crippen molar-refractivity contribution in [3.63, 3.8) is 0 Å². The van der Waals surface area contributed by atoms with E-state index in [-0.39, 0.29) is 4.90 Å². The van der Waals surface area contributed by atoms with Gasteiger partial charge in [0.2, 0.25) is 10.0 Å². The number of benzene rings is 2. The van der Waals surface area contributed by atoms with Crippen molar-refractivity contribution in [1.29, 1.82) is 0 Å². The van der Waals surface area contributed by atoms with Crippen LogP contribution in [-0.2, 0) is 30.7 Å². The average Bonchev–Trinajstić information content (AvgIpc) is 3.34. The Morgan fingerprint density at radius 3 is 2.17 bits per heavy atom. The maximum absolute atomic E-state index is 13.2. The molecule has 0 radical (unpaired) electrons. The molecule has 0 atom stereocenters. The molecule has 0 unspecified atom stereocenters. The van der Waals surface area contributed by atoms with Crippen LogP contribution in [0.3, 0.4) is 0 Å². The van der Waals surface area contributed by atoms with Gasteiger partial charge in [0, 0.05) is 57.5 Å². The summed E-state index contributed by atoms with van der Waals surface area (Å²) in [6.07, 6.45) is 0. The molecule has 0 bridgehead atoms. The fraction of sp³-hybridized carbons (Fsp3) is 0.280. The van der Waals surface area contributed by atoms with Gasteiger partial charge in [-0.3, -0.25) is 18.8 Å². The summed E-state index contributed by atoms with van der Waals surface area (Å²) in [7, 11) is -0.596. The molecule has 3 heterocycles. The Kier molecular flexibility index (Phi) is 6.37. The zero-order valence-corrected chi connectivity index (χ0v) is 21.5. The smallest absolute Gasteiger partial charge is 0.331 e. The fourth-order valence-electron chi connectivity index (χ4n) is 4.54. The van der Waals surface area contributed by atoms with Crippen LogP contribution < -0.4 is 11.2 Å². The third-order valence-corrected chi connectivity index (χ3v) is 8.87. The number of aromatic amines is 1. The summed E-state index contributed by atoms with van der Waals surface area (Å²) in [4.78, 5) is 30.2. The van der Waals surface area contributed by atoms with Gasteiger partial charge in [0.05, 0.1) is 10.4 Å². The molecule has 1 N–H and O–H groups in total. The topological polar surface area (TPSA) is 100 Å². The number of halogens is 1. The first-order valence-corrected chi connectivity index (χ1v) is 13.3. The third-order valence-electron chi connectivity index (χ3n) is 6.70. The molecule has 0 saturated carbocycles. The molecule has 0 amide bonds. The lowest BCUT2D eigenvalue weighted by atomic mass is 10.1. The van der Waals surface area contributed by atoms with Crippen LogP contribution in [0.2, 0.25) is 5.02 Å². The summed E-state index contributed by atoms with van der Waals surface area (Å²) >= 11 is 5.95. The minimum absolute atomic E-state index is 0.219. The van der Waals surface area contributed by atoms with Gasteiger partial charge in [0.1, 0.15) is 5.52 Å². The van der Waals surface area contributed by atoms with Gasteiger partial charge in [-0.25, -0.2) is 13.2 Å². The quantitative estimate of drug-likeness (QED) is 0.429. The van der Waals surface area contributed by atoms with Gasteiger partial charge >= 0.3 is 5.69 Å². The molecule has 1 aliphatic rings. The maximum Gasteiger partial charge on any atom is 0.331 e. The summed E-state index contributed by atoms with van der Waals surface area (Å²) in [5.74, 6) is 0. The molecular formula is C25H26ClN5O4S. The number of aromatic nitrogens is 3. The first kappa shape index (κ1) is 24.5. The van der Waals surface area contributed by atoms with Crippen LogP contribution in [-0.4, -0.2) is 57.9 Å². The van der Waals surface area contributed by atoms with Gasteiger partial charge in [-0.05, 0) is 41.5 Å². The Morgan fingerprint density at radius 1 is 0.889 bits per heavy atom. The van der Waals surface area contributed by atoms with Crippen molar-refractivity contribution in [3.8, 4) is 11.3 Å². The van der Waals surface area contributed by atoms with E-state index < -0.39 is 21.3 Å². The molecule has 1 saturated heterocycles. The van der Waals surface area contributed by atoms with Crippen LogP contribution in [0.5, 0.6) is 0 Å². The van der Waals surface area contributed by atoms with Crippen molar-refractivity contribution in [2.45, 2.75) is 11.4 Å². The van der Waals surface area contributed by atoms with Gasteiger partial charge in [0.25, 0.3) is 5.56 Å². The van der Waals surface area contributed by atoms with Gasteiger partial charge in [-0.15, -0.1) is 0 Å². The SMILES string of the molecule is Cn1c(=O)c2[nH]c(-c3ccc(S(=O)(=O)N4CCN(Cc5ccc(Cl)cc5)CC4)cc3)cc2n(C)c1=O. The van der Waals surface area contributed by atoms with E-state index >= 15 is 0 Å². The predicted octanol–water partition coefficient (Wildman–Crippen LogP) is 2.39. The van der Waals surface area contributed by atoms with Crippen molar-refractivity contribution in [3.05, 3.63) is 86.0 Å². The van der Waals surface area contributed by atoms with E-state index in [1.807, 2.05) is 24.3 Å². The minimum atomic E-state index is -3.63. The fourth-order valence-corrected chi connectivity index (χ4v) is 6.09. The lowest BCUT2D eigenvalue weighted by Gasteiger charge is -2.34. The standard InChI is InChI=1S/C25H26ClN5O4S/c1-28-22-15-21(27-23(22)24(32)29(2)25(28)33)18-5-9-20(10-6-18)36(34,35)31-13-11-30(12-14-31)16-17-3-7-19(26)8-4-17/h3-10,15,27H,11-14,16H2,1-2H3. The van der Waals surface area contributed by atoms with Crippen molar-refractivity contribution in [1.82, 2.24) is 23.3 Å². The van der Waals surface area contributed by atoms with Crippen molar-refractivity contribution < 1.29 is 8.42 Å². The normalized spacial score (nSPS) is 15.5. The molecule has 9 nitrogen and oxygen atoms in total. The number of rotatable bonds is 5. The number of piperazine rings is 1. The zero-order chi connectivity index (χ0) is 25.6. The van der Waals surface area contributed by atoms with Gasteiger partial charge < -0.3 is 4.98 Å². The molecule has 5 rings (SSSR count). The van der Waals surface area contributed by atoms with E-state index in [0.29, 0.717) is 53.5 Å². The largest absolute Gasteiger partial charge is 0.349 e. The molecule has 0 aliphatic carbocycles. The van der Waals surface area contributed by atoms with Gasteiger partial charge in [0.15, 0.2) is 0 Å². The highest BCUT2D eigenvalue weighted by Gasteiger charge is 2.28. The zero-order valence-electron chi connectivity index (χ0n) is 19.9. The molecule has 4 aromatic rings. The van der Waals surface area contributed by atoms with E-state index in [2.05, 4.69) is 9.88 Å². The Hall–Kier alpha value is -3.18. The van der Waals surface area contributed by atoms with E-state index in [4.69, 9.17) is 11.6 Å². The molecular weight excluding hydrogens is 502 g/mol. The second-order valence-corrected chi connectivity index (χ2v) is 11.4. The Bertz CT molecular complexity index is 1650. The van der Waals surface area contributed by atoms with Crippen LogP contribution in [0, 0.1) is 0 Å². The summed E-state index contributed by atoms with van der Waals surface area (Å²) in [5, 5.41) is 0.695. The van der Waals surface area contributed by atoms with Crippen LogP contribution in [0.25, 0.3) is 22.3 Å². The van der Waals surface area contributed by atoms with Crippen LogP contribution in [0.15, 0.2) is 69.1 Å². The number of nitrogens with one attached hydrogen (secondary N) is 1. The summed E-state index contributed by atoms with van der Waals surface area (Å²) in [6.45, 7) is 2.86. The first-order valence-electron chi connectivity index (χ1n) is 11.5. The summed E-state index contributed by atoms with van der Waals surface area (Å²) in [5.41, 5.74) is 2.48. The minimum Gasteiger partial charge on any atom is -0.349 e. The van der Waals surface area contributed by atoms with E-state index in [9.17, 15) is 18.0 Å². The lowest BCUT2D eigenvalue weighted by Crippen LogP contribution is -2.48.